The molecular weight excluding hydrogens is 260 g/mol. The van der Waals surface area contributed by atoms with Crippen LogP contribution in [0.3, 0.4) is 0 Å². The van der Waals surface area contributed by atoms with E-state index in [9.17, 15) is 8.78 Å². The molecule has 0 atom stereocenters. The minimum Gasteiger partial charge on any atom is -0.398 e. The van der Waals surface area contributed by atoms with Gasteiger partial charge in [-0.15, -0.1) is 0 Å². The maximum Gasteiger partial charge on any atom is 0.127 e. The average Bonchev–Trinajstić information content (AvgIpc) is 2.39. The van der Waals surface area contributed by atoms with Crippen LogP contribution in [0.5, 0.6) is 0 Å². The Bertz CT molecular complexity index is 646. The van der Waals surface area contributed by atoms with Crippen molar-refractivity contribution in [1.29, 1.82) is 0 Å². The van der Waals surface area contributed by atoms with E-state index in [0.29, 0.717) is 29.1 Å². The Morgan fingerprint density at radius 3 is 2.30 bits per heavy atom. The van der Waals surface area contributed by atoms with Gasteiger partial charge in [0, 0.05) is 24.4 Å². The van der Waals surface area contributed by atoms with Gasteiger partial charge < -0.3 is 11.5 Å². The molecule has 0 radical (unpaired) electrons. The van der Waals surface area contributed by atoms with Gasteiger partial charge in [-0.25, -0.2) is 8.78 Å². The minimum atomic E-state index is -0.592. The molecule has 104 valence electrons. The van der Waals surface area contributed by atoms with Crippen molar-refractivity contribution >= 4 is 11.5 Å². The predicted molar refractivity (Wildman–Crippen MR) is 76.7 cm³/mol. The van der Waals surface area contributed by atoms with Crippen LogP contribution in [-0.2, 0) is 6.42 Å². The number of nitrogens with zero attached hydrogens (tertiary/aromatic N) is 1. The standard InChI is InChI=1S/C15H15F2N3/c1-20-15(19)13-7-9(2-3-14(13)18)4-10-5-11(16)8-12(17)6-10/h2-3,5-8H,4,18H2,1H3,(H2,19,20). The average molecular weight is 275 g/mol. The molecule has 2 rings (SSSR count). The zero-order chi connectivity index (χ0) is 14.7. The Kier molecular flexibility index (Phi) is 3.98. The second-order valence-corrected chi connectivity index (χ2v) is 4.48. The van der Waals surface area contributed by atoms with Crippen LogP contribution >= 0.6 is 0 Å². The van der Waals surface area contributed by atoms with Crippen LogP contribution < -0.4 is 11.5 Å². The lowest BCUT2D eigenvalue weighted by Crippen LogP contribution is -2.15. The van der Waals surface area contributed by atoms with E-state index in [4.69, 9.17) is 11.5 Å². The van der Waals surface area contributed by atoms with Crippen molar-refractivity contribution in [2.45, 2.75) is 6.42 Å². The first-order chi connectivity index (χ1) is 9.49. The lowest BCUT2D eigenvalue weighted by Gasteiger charge is -2.08. The fraction of sp³-hybridized carbons (Fsp3) is 0.133. The van der Waals surface area contributed by atoms with E-state index in [1.165, 1.54) is 12.1 Å². The Labute approximate surface area is 115 Å². The van der Waals surface area contributed by atoms with Crippen molar-refractivity contribution in [3.63, 3.8) is 0 Å². The van der Waals surface area contributed by atoms with Gasteiger partial charge in [0.05, 0.1) is 0 Å². The molecule has 0 spiro atoms. The zero-order valence-electron chi connectivity index (χ0n) is 11.0. The molecule has 3 nitrogen and oxygen atoms in total. The van der Waals surface area contributed by atoms with Gasteiger partial charge in [-0.2, -0.15) is 0 Å². The smallest absolute Gasteiger partial charge is 0.127 e. The fourth-order valence-electron chi connectivity index (χ4n) is 2.00. The molecule has 5 heteroatoms. The summed E-state index contributed by atoms with van der Waals surface area (Å²) in [4.78, 5) is 3.89. The molecule has 0 aliphatic heterocycles. The van der Waals surface area contributed by atoms with Gasteiger partial charge in [0.25, 0.3) is 0 Å². The molecular formula is C15H15F2N3. The lowest BCUT2D eigenvalue weighted by molar-refractivity contribution is 0.580. The molecule has 2 aromatic rings. The summed E-state index contributed by atoms with van der Waals surface area (Å²) in [6, 6.07) is 8.73. The van der Waals surface area contributed by atoms with Crippen molar-refractivity contribution < 1.29 is 8.78 Å². The first-order valence-electron chi connectivity index (χ1n) is 6.05. The van der Waals surface area contributed by atoms with Gasteiger partial charge in [-0.05, 0) is 41.8 Å². The first kappa shape index (κ1) is 14.0. The second kappa shape index (κ2) is 5.69. The van der Waals surface area contributed by atoms with Crippen LogP contribution in [0.15, 0.2) is 41.4 Å². The van der Waals surface area contributed by atoms with E-state index in [1.807, 2.05) is 0 Å². The Morgan fingerprint density at radius 2 is 1.70 bits per heavy atom. The quantitative estimate of drug-likeness (QED) is 0.513. The number of nitrogen functional groups attached to an aromatic ring is 1. The summed E-state index contributed by atoms with van der Waals surface area (Å²) < 4.78 is 26.3. The molecule has 0 aliphatic carbocycles. The highest BCUT2D eigenvalue weighted by Gasteiger charge is 2.07. The lowest BCUT2D eigenvalue weighted by atomic mass is 10.0. The highest BCUT2D eigenvalue weighted by Crippen LogP contribution is 2.18. The summed E-state index contributed by atoms with van der Waals surface area (Å²) in [6.45, 7) is 0. The summed E-state index contributed by atoms with van der Waals surface area (Å²) in [5.41, 5.74) is 14.1. The molecule has 0 bridgehead atoms. The van der Waals surface area contributed by atoms with Gasteiger partial charge in [0.2, 0.25) is 0 Å². The summed E-state index contributed by atoms with van der Waals surface area (Å²) >= 11 is 0. The Hall–Kier alpha value is -2.43. The third-order valence-electron chi connectivity index (χ3n) is 2.97. The number of hydrogen-bond donors (Lipinski definition) is 2. The SMILES string of the molecule is CN=C(N)c1cc(Cc2cc(F)cc(F)c2)ccc1N. The molecule has 0 unspecified atom stereocenters. The van der Waals surface area contributed by atoms with Gasteiger partial charge >= 0.3 is 0 Å². The maximum atomic E-state index is 13.2. The van der Waals surface area contributed by atoms with Crippen LogP contribution in [0, 0.1) is 11.6 Å². The van der Waals surface area contributed by atoms with Gasteiger partial charge in [-0.3, -0.25) is 4.99 Å². The second-order valence-electron chi connectivity index (χ2n) is 4.48. The highest BCUT2D eigenvalue weighted by molar-refractivity contribution is 6.02. The summed E-state index contributed by atoms with van der Waals surface area (Å²) in [6.07, 6.45) is 0.388. The number of anilines is 1. The highest BCUT2D eigenvalue weighted by atomic mass is 19.1. The molecule has 0 heterocycles. The number of halogens is 2. The summed E-state index contributed by atoms with van der Waals surface area (Å²) in [7, 11) is 1.57. The first-order valence-corrected chi connectivity index (χ1v) is 6.05. The molecule has 0 saturated carbocycles. The topological polar surface area (TPSA) is 64.4 Å². The number of aliphatic imine (C=N–C) groups is 1. The zero-order valence-corrected chi connectivity index (χ0v) is 11.0. The van der Waals surface area contributed by atoms with Gasteiger partial charge in [0.15, 0.2) is 0 Å². The maximum absolute atomic E-state index is 13.2. The van der Waals surface area contributed by atoms with Crippen LogP contribution in [0.2, 0.25) is 0 Å². The largest absolute Gasteiger partial charge is 0.398 e. The van der Waals surface area contributed by atoms with Gasteiger partial charge in [-0.1, -0.05) is 6.07 Å². The number of rotatable bonds is 3. The van der Waals surface area contributed by atoms with E-state index in [0.717, 1.165) is 11.6 Å². The molecule has 0 aromatic heterocycles. The van der Waals surface area contributed by atoms with Crippen molar-refractivity contribution in [3.05, 3.63) is 64.7 Å². The minimum absolute atomic E-state index is 0.328. The van der Waals surface area contributed by atoms with Crippen molar-refractivity contribution in [2.75, 3.05) is 12.8 Å². The molecule has 0 saturated heterocycles. The molecule has 0 aliphatic rings. The fourth-order valence-corrected chi connectivity index (χ4v) is 2.00. The van der Waals surface area contributed by atoms with E-state index in [-0.39, 0.29) is 0 Å². The third kappa shape index (κ3) is 3.12. The Balaban J connectivity index is 2.34. The van der Waals surface area contributed by atoms with Crippen molar-refractivity contribution in [1.82, 2.24) is 0 Å². The normalized spacial score (nSPS) is 11.7. The van der Waals surface area contributed by atoms with E-state index in [1.54, 1.807) is 25.2 Å². The molecule has 0 amide bonds. The van der Waals surface area contributed by atoms with Crippen molar-refractivity contribution in [3.8, 4) is 0 Å². The van der Waals surface area contributed by atoms with Crippen molar-refractivity contribution in [2.24, 2.45) is 10.7 Å². The summed E-state index contributed by atoms with van der Waals surface area (Å²) in [5, 5.41) is 0. The predicted octanol–water partition coefficient (Wildman–Crippen LogP) is 2.47. The van der Waals surface area contributed by atoms with Crippen LogP contribution in [0.25, 0.3) is 0 Å². The van der Waals surface area contributed by atoms with Crippen LogP contribution in [-0.4, -0.2) is 12.9 Å². The van der Waals surface area contributed by atoms with E-state index < -0.39 is 11.6 Å². The molecule has 4 N–H and O–H groups in total. The number of amidine groups is 1. The number of nitrogens with two attached hydrogens (primary N) is 2. The molecule has 0 fully saturated rings. The Morgan fingerprint density at radius 1 is 1.05 bits per heavy atom. The molecule has 2 aromatic carbocycles. The van der Waals surface area contributed by atoms with Gasteiger partial charge in [0.1, 0.15) is 17.5 Å². The van der Waals surface area contributed by atoms with E-state index >= 15 is 0 Å². The van der Waals surface area contributed by atoms with Crippen LogP contribution in [0.1, 0.15) is 16.7 Å². The number of benzene rings is 2. The molecule has 20 heavy (non-hydrogen) atoms. The monoisotopic (exact) mass is 275 g/mol. The van der Waals surface area contributed by atoms with Crippen LogP contribution in [0.4, 0.5) is 14.5 Å². The third-order valence-corrected chi connectivity index (χ3v) is 2.97. The summed E-state index contributed by atoms with van der Waals surface area (Å²) in [5.74, 6) is -0.856. The van der Waals surface area contributed by atoms with E-state index in [2.05, 4.69) is 4.99 Å². The number of hydrogen-bond acceptors (Lipinski definition) is 2.